The topological polar surface area (TPSA) is 80.0 Å². The fourth-order valence-corrected chi connectivity index (χ4v) is 5.21. The third-order valence-electron chi connectivity index (χ3n) is 7.97. The summed E-state index contributed by atoms with van der Waals surface area (Å²) in [7, 11) is 0. The van der Waals surface area contributed by atoms with Gasteiger partial charge < -0.3 is 9.94 Å². The van der Waals surface area contributed by atoms with E-state index >= 15 is 0 Å². The van der Waals surface area contributed by atoms with E-state index in [-0.39, 0.29) is 11.1 Å². The average Bonchev–Trinajstić information content (AvgIpc) is 3.50. The normalized spacial score (nSPS) is 23.1. The Morgan fingerprint density at radius 1 is 1.15 bits per heavy atom. The SMILES string of the molecule is CC1(C(=O)O)C=CC(C2=NOC3(CCN(Cc4cn(C(C)(C)C)nc4-c4ccc(F)c(F)c4F)CC3)C2)=CC1. The van der Waals surface area contributed by atoms with Crippen LogP contribution in [-0.4, -0.2) is 50.2 Å². The van der Waals surface area contributed by atoms with E-state index in [0.29, 0.717) is 38.2 Å². The number of benzene rings is 1. The molecule has 0 saturated carbocycles. The molecule has 1 unspecified atom stereocenters. The van der Waals surface area contributed by atoms with Gasteiger partial charge in [-0.25, -0.2) is 13.2 Å². The Morgan fingerprint density at radius 3 is 2.49 bits per heavy atom. The van der Waals surface area contributed by atoms with E-state index in [1.165, 1.54) is 6.07 Å². The van der Waals surface area contributed by atoms with Crippen LogP contribution in [0.25, 0.3) is 11.3 Å². The monoisotopic (exact) mass is 542 g/mol. The molecule has 0 radical (unpaired) electrons. The van der Waals surface area contributed by atoms with Gasteiger partial charge in [-0.05, 0) is 51.8 Å². The first kappa shape index (κ1) is 27.2. The van der Waals surface area contributed by atoms with E-state index in [4.69, 9.17) is 4.84 Å². The molecule has 1 spiro atoms. The van der Waals surface area contributed by atoms with E-state index in [0.717, 1.165) is 35.8 Å². The second-order valence-electron chi connectivity index (χ2n) is 12.0. The maximum Gasteiger partial charge on any atom is 0.313 e. The molecule has 1 N–H and O–H groups in total. The quantitative estimate of drug-likeness (QED) is 0.483. The number of carbonyl (C=O) groups is 1. The summed E-state index contributed by atoms with van der Waals surface area (Å²) in [5, 5.41) is 18.4. The first-order valence-corrected chi connectivity index (χ1v) is 13.1. The number of aliphatic carboxylic acids is 1. The molecule has 1 aromatic heterocycles. The van der Waals surface area contributed by atoms with Crippen molar-refractivity contribution in [3.63, 3.8) is 0 Å². The minimum atomic E-state index is -1.51. The highest BCUT2D eigenvalue weighted by atomic mass is 19.2. The molecule has 1 fully saturated rings. The Kier molecular flexibility index (Phi) is 6.73. The first-order chi connectivity index (χ1) is 18.3. The number of aromatic nitrogens is 2. The number of nitrogens with zero attached hydrogens (tertiary/aromatic N) is 4. The number of carboxylic acid groups (broad SMARTS) is 1. The number of oxime groups is 1. The molecule has 0 bridgehead atoms. The number of allylic oxidation sites excluding steroid dienone is 3. The Hall–Kier alpha value is -3.40. The van der Waals surface area contributed by atoms with Crippen molar-refractivity contribution >= 4 is 11.7 Å². The van der Waals surface area contributed by atoms with Crippen molar-refractivity contribution in [1.82, 2.24) is 14.7 Å². The summed E-state index contributed by atoms with van der Waals surface area (Å²) in [6, 6.07) is 2.16. The highest BCUT2D eigenvalue weighted by Gasteiger charge is 2.43. The van der Waals surface area contributed by atoms with Crippen molar-refractivity contribution in [3.05, 3.63) is 65.1 Å². The average molecular weight is 543 g/mol. The maximum atomic E-state index is 14.7. The Bertz CT molecular complexity index is 1400. The molecule has 7 nitrogen and oxygen atoms in total. The second kappa shape index (κ2) is 9.66. The molecule has 1 saturated heterocycles. The molecule has 1 atom stereocenters. The predicted octanol–water partition coefficient (Wildman–Crippen LogP) is 5.81. The van der Waals surface area contributed by atoms with Crippen molar-refractivity contribution < 1.29 is 27.9 Å². The van der Waals surface area contributed by atoms with Crippen LogP contribution in [0.2, 0.25) is 0 Å². The predicted molar refractivity (Wildman–Crippen MR) is 140 cm³/mol. The fourth-order valence-electron chi connectivity index (χ4n) is 5.21. The fraction of sp³-hybridized carbons (Fsp3) is 0.483. The summed E-state index contributed by atoms with van der Waals surface area (Å²) >= 11 is 0. The lowest BCUT2D eigenvalue weighted by molar-refractivity contribution is -0.145. The van der Waals surface area contributed by atoms with Gasteiger partial charge in [0.2, 0.25) is 0 Å². The van der Waals surface area contributed by atoms with Gasteiger partial charge in [0, 0.05) is 56.2 Å². The molecule has 1 aliphatic carbocycles. The number of likely N-dealkylation sites (tertiary alicyclic amines) is 1. The molecular formula is C29H33F3N4O3. The van der Waals surface area contributed by atoms with Gasteiger partial charge in [-0.1, -0.05) is 23.4 Å². The van der Waals surface area contributed by atoms with Crippen LogP contribution in [0, 0.1) is 22.9 Å². The van der Waals surface area contributed by atoms with Gasteiger partial charge in [-0.2, -0.15) is 5.10 Å². The van der Waals surface area contributed by atoms with E-state index < -0.39 is 34.4 Å². The largest absolute Gasteiger partial charge is 0.481 e. The van der Waals surface area contributed by atoms with Gasteiger partial charge in [0.05, 0.1) is 22.4 Å². The lowest BCUT2D eigenvalue weighted by Gasteiger charge is -2.37. The van der Waals surface area contributed by atoms with Crippen molar-refractivity contribution in [2.75, 3.05) is 13.1 Å². The van der Waals surface area contributed by atoms with Crippen LogP contribution < -0.4 is 0 Å². The highest BCUT2D eigenvalue weighted by Crippen LogP contribution is 2.39. The Labute approximate surface area is 225 Å². The minimum absolute atomic E-state index is 0.0645. The smallest absolute Gasteiger partial charge is 0.313 e. The maximum absolute atomic E-state index is 14.7. The summed E-state index contributed by atoms with van der Waals surface area (Å²) in [4.78, 5) is 19.7. The van der Waals surface area contributed by atoms with Gasteiger partial charge in [-0.3, -0.25) is 14.4 Å². The van der Waals surface area contributed by atoms with Gasteiger partial charge in [-0.15, -0.1) is 0 Å². The van der Waals surface area contributed by atoms with Crippen LogP contribution >= 0.6 is 0 Å². The minimum Gasteiger partial charge on any atom is -0.481 e. The van der Waals surface area contributed by atoms with Crippen molar-refractivity contribution in [2.24, 2.45) is 10.6 Å². The van der Waals surface area contributed by atoms with Crippen LogP contribution in [0.15, 0.2) is 47.3 Å². The third-order valence-corrected chi connectivity index (χ3v) is 7.97. The van der Waals surface area contributed by atoms with Gasteiger partial charge in [0.1, 0.15) is 5.60 Å². The molecule has 10 heteroatoms. The lowest BCUT2D eigenvalue weighted by Crippen LogP contribution is -2.44. The van der Waals surface area contributed by atoms with Gasteiger partial charge >= 0.3 is 5.97 Å². The molecule has 3 aliphatic rings. The zero-order valence-corrected chi connectivity index (χ0v) is 22.6. The zero-order chi connectivity index (χ0) is 28.2. The molecule has 2 aliphatic heterocycles. The molecular weight excluding hydrogens is 509 g/mol. The number of piperidine rings is 1. The van der Waals surface area contributed by atoms with Crippen LogP contribution in [0.3, 0.4) is 0 Å². The summed E-state index contributed by atoms with van der Waals surface area (Å²) < 4.78 is 44.1. The molecule has 39 heavy (non-hydrogen) atoms. The number of rotatable bonds is 5. The summed E-state index contributed by atoms with van der Waals surface area (Å²) in [5.41, 5.74) is 0.987. The van der Waals surface area contributed by atoms with Crippen molar-refractivity contribution in [3.8, 4) is 11.3 Å². The molecule has 0 amide bonds. The molecule has 3 heterocycles. The zero-order valence-electron chi connectivity index (χ0n) is 22.6. The molecule has 2 aromatic rings. The molecule has 5 rings (SSSR count). The number of halogens is 3. The molecule has 1 aromatic carbocycles. The number of hydrogen-bond acceptors (Lipinski definition) is 5. The van der Waals surface area contributed by atoms with E-state index in [9.17, 15) is 23.1 Å². The van der Waals surface area contributed by atoms with Crippen LogP contribution in [0.4, 0.5) is 13.2 Å². The highest BCUT2D eigenvalue weighted by molar-refractivity contribution is 6.04. The van der Waals surface area contributed by atoms with E-state index in [1.807, 2.05) is 39.1 Å². The first-order valence-electron chi connectivity index (χ1n) is 13.1. The second-order valence-corrected chi connectivity index (χ2v) is 12.0. The van der Waals surface area contributed by atoms with Gasteiger partial charge in [0.25, 0.3) is 0 Å². The summed E-state index contributed by atoms with van der Waals surface area (Å²) in [5.74, 6) is -4.84. The summed E-state index contributed by atoms with van der Waals surface area (Å²) in [6.07, 6.45) is 9.80. The molecule has 208 valence electrons. The van der Waals surface area contributed by atoms with Crippen molar-refractivity contribution in [1.29, 1.82) is 0 Å². The van der Waals surface area contributed by atoms with Crippen LogP contribution in [0.1, 0.15) is 58.9 Å². The van der Waals surface area contributed by atoms with Gasteiger partial charge in [0.15, 0.2) is 17.5 Å². The number of carboxylic acids is 1. The summed E-state index contributed by atoms with van der Waals surface area (Å²) in [6.45, 7) is 9.47. The van der Waals surface area contributed by atoms with E-state index in [1.54, 1.807) is 17.7 Å². The lowest BCUT2D eigenvalue weighted by atomic mass is 9.79. The van der Waals surface area contributed by atoms with E-state index in [2.05, 4.69) is 15.2 Å². The third kappa shape index (κ3) is 5.14. The number of hydrogen-bond donors (Lipinski definition) is 1. The Balaban J connectivity index is 1.28. The van der Waals surface area contributed by atoms with Crippen LogP contribution in [0.5, 0.6) is 0 Å². The Morgan fingerprint density at radius 2 is 1.87 bits per heavy atom. The van der Waals surface area contributed by atoms with Crippen molar-refractivity contribution in [2.45, 2.75) is 71.1 Å². The van der Waals surface area contributed by atoms with Crippen LogP contribution in [-0.2, 0) is 21.7 Å². The standard InChI is InChI=1S/C29H33F3N4O3/c1-27(2,3)36-17-19(25(33-36)20-5-6-21(30)24(32)23(20)31)16-35-13-11-29(12-14-35)15-22(34-39-29)18-7-9-28(4,10-8-18)26(37)38/h5-9,17H,10-16H2,1-4H3,(H,37,38).